The molecular weight excluding hydrogens is 1880 g/mol. The molecule has 0 heterocycles. The van der Waals surface area contributed by atoms with Crippen LogP contribution in [0.2, 0.25) is 5.02 Å². The van der Waals surface area contributed by atoms with Gasteiger partial charge < -0.3 is 14.2 Å². The molecule has 0 saturated heterocycles. The quantitative estimate of drug-likeness (QED) is 0.165. The Bertz CT molecular complexity index is 5680. The van der Waals surface area contributed by atoms with Crippen LogP contribution in [0.3, 0.4) is 0 Å². The summed E-state index contributed by atoms with van der Waals surface area (Å²) in [5.41, 5.74) is 21.6. The van der Waals surface area contributed by atoms with E-state index >= 15 is 0 Å². The molecule has 810 valence electrons. The van der Waals surface area contributed by atoms with E-state index in [0.29, 0.717) is 16.7 Å². The van der Waals surface area contributed by atoms with Crippen molar-refractivity contribution in [3.63, 3.8) is 0 Å². The summed E-state index contributed by atoms with van der Waals surface area (Å²) in [6, 6.07) is 85.3. The highest BCUT2D eigenvalue weighted by molar-refractivity contribution is 6.30. The molecule has 147 heavy (non-hydrogen) atoms. The van der Waals surface area contributed by atoms with Gasteiger partial charge in [-0.25, -0.2) is 8.78 Å². The second kappa shape index (κ2) is 56.4. The molecule has 0 aromatic heterocycles. The van der Waals surface area contributed by atoms with E-state index in [4.69, 9.17) is 21.1 Å². The summed E-state index contributed by atoms with van der Waals surface area (Å²) in [5.74, 6) is 1.47. The lowest BCUT2D eigenvalue weighted by Gasteiger charge is -2.21. The Hall–Kier alpha value is -10.4. The van der Waals surface area contributed by atoms with Crippen molar-refractivity contribution in [1.82, 2.24) is 0 Å². The maximum absolute atomic E-state index is 13.1. The van der Waals surface area contributed by atoms with Crippen molar-refractivity contribution in [2.75, 3.05) is 14.2 Å². The van der Waals surface area contributed by atoms with Gasteiger partial charge in [0.25, 0.3) is 0 Å². The van der Waals surface area contributed by atoms with Gasteiger partial charge >= 0.3 is 18.7 Å². The molecule has 0 aliphatic heterocycles. The lowest BCUT2D eigenvalue weighted by atomic mass is 9.84. The van der Waals surface area contributed by atoms with Gasteiger partial charge in [-0.1, -0.05) is 472 Å². The van der Waals surface area contributed by atoms with Gasteiger partial charge in [0.1, 0.15) is 28.9 Å². The van der Waals surface area contributed by atoms with E-state index in [1.54, 1.807) is 63.6 Å². The fraction of sp³-hybridized carbons (Fsp3) is 0.455. The molecule has 0 saturated carbocycles. The largest absolute Gasteiger partial charge is 0.573 e. The van der Waals surface area contributed by atoms with Crippen molar-refractivity contribution in [3.05, 3.63) is 406 Å². The van der Waals surface area contributed by atoms with E-state index in [-0.39, 0.29) is 87.9 Å². The molecular formula is C132H180ClF11O3. The standard InChI is InChI=1S/C12H15F3.C12H18.C11H13F3O.C11H13F3.C11H15F.2C11H16O.3C11H16.C10H13Cl.C10H13F/c1-8-5-6-9(11(2,3)4)7-10(8)12(13,14)15;1-9-6-7-11(8-10(9)2)12(3,4)5;1-10(2,3)8-5-4-6-9(7-8)15-11(12,13)14;1-10(2,3)8-5-4-6-9(7-8)11(12,13)14;1-8-5-6-9(7-10(8)12)11(2,3)4;1-11(2,3)9-6-5-7-10(8-9)12-4;1-11(2,3)9-7-5-6-8-10(9)12-4;1-9-5-7-10(8-6-9)11(2,3)4;1-9-6-5-7-10(8-9)11(2,3)4;1-9-7-5-6-8-10(9)11(2,3)4;2*1-10(2,3)8-5-4-6-9(11)7-8/h5-7H,1-4H3;6-8H,1-5H3;4-7H,1-3H3;4-7H,1-3H3;5-7H,1-4H3;2*5-8H,1-4H3;3*5-8H,1-4H3;2*4-7H,1-3H3. The molecule has 15 heteroatoms. The molecule has 0 N–H and O–H groups in total. The SMILES string of the molecule is CC(C)(C)c1cccc(C(F)(F)F)c1.CC(C)(C)c1cccc(Cl)c1.CC(C)(C)c1cccc(F)c1.CC(C)(C)c1cccc(OC(F)(F)F)c1.COc1cccc(C(C)(C)C)c1.COc1ccccc1C(C)(C)C.Cc1ccc(C(C)(C)C)cc1.Cc1ccc(C(C)(C)C)cc1C.Cc1ccc(C(C)(C)C)cc1C(F)(F)F.Cc1ccc(C(C)(C)C)cc1F.Cc1cccc(C(C)(C)C)c1.Cc1ccccc1C(C)(C)C. The summed E-state index contributed by atoms with van der Waals surface area (Å²) >= 11 is 5.85. The third-order valence-corrected chi connectivity index (χ3v) is 24.0. The van der Waals surface area contributed by atoms with Gasteiger partial charge in [0.15, 0.2) is 0 Å². The molecule has 0 aliphatic rings. The maximum Gasteiger partial charge on any atom is 0.573 e. The zero-order valence-corrected chi connectivity index (χ0v) is 98.5. The number of halogens is 12. The Morgan fingerprint density at radius 3 is 0.864 bits per heavy atom. The number of ether oxygens (including phenoxy) is 3. The number of benzene rings is 12. The second-order valence-electron chi connectivity index (χ2n) is 49.9. The topological polar surface area (TPSA) is 27.7 Å². The normalized spacial score (nSPS) is 12.0. The lowest BCUT2D eigenvalue weighted by Crippen LogP contribution is -2.18. The molecule has 0 bridgehead atoms. The zero-order valence-electron chi connectivity index (χ0n) is 97.7. The Kier molecular flexibility index (Phi) is 51.7. The Labute approximate surface area is 887 Å². The number of hydrogen-bond acceptors (Lipinski definition) is 3. The van der Waals surface area contributed by atoms with Crippen LogP contribution >= 0.6 is 11.6 Å². The van der Waals surface area contributed by atoms with E-state index < -0.39 is 29.8 Å². The number of alkyl halides is 9. The lowest BCUT2D eigenvalue weighted by molar-refractivity contribution is -0.274. The van der Waals surface area contributed by atoms with E-state index in [1.807, 2.05) is 129 Å². The van der Waals surface area contributed by atoms with E-state index in [1.165, 1.54) is 116 Å². The van der Waals surface area contributed by atoms with Crippen LogP contribution in [-0.4, -0.2) is 20.6 Å². The number of aryl methyl sites for hydroxylation is 7. The Balaban J connectivity index is 0.000000803. The van der Waals surface area contributed by atoms with Gasteiger partial charge in [-0.3, -0.25) is 0 Å². The molecule has 0 unspecified atom stereocenters. The van der Waals surface area contributed by atoms with Gasteiger partial charge in [-0.15, -0.1) is 13.2 Å². The molecule has 0 spiro atoms. The summed E-state index contributed by atoms with van der Waals surface area (Å²) in [5, 5.41) is 0.817. The monoisotopic (exact) mass is 2060 g/mol. The predicted octanol–water partition coefficient (Wildman–Crippen LogP) is 41.9. The molecule has 3 nitrogen and oxygen atoms in total. The summed E-state index contributed by atoms with van der Waals surface area (Å²) < 4.78 is 151. The average Bonchev–Trinajstić information content (AvgIpc) is 0.859. The van der Waals surface area contributed by atoms with Gasteiger partial charge in [0.05, 0.1) is 25.3 Å². The Morgan fingerprint density at radius 1 is 0.204 bits per heavy atom. The number of hydrogen-bond donors (Lipinski definition) is 0. The zero-order chi connectivity index (χ0) is 114. The first-order valence-electron chi connectivity index (χ1n) is 50.5. The van der Waals surface area contributed by atoms with Crippen molar-refractivity contribution in [2.24, 2.45) is 0 Å². The van der Waals surface area contributed by atoms with Crippen LogP contribution in [0.4, 0.5) is 48.3 Å². The van der Waals surface area contributed by atoms with Gasteiger partial charge in [0.2, 0.25) is 0 Å². The third-order valence-electron chi connectivity index (χ3n) is 23.8. The highest BCUT2D eigenvalue weighted by Gasteiger charge is 2.35. The minimum absolute atomic E-state index is 0.0362. The van der Waals surface area contributed by atoms with Gasteiger partial charge in [-0.2, -0.15) is 26.3 Å². The van der Waals surface area contributed by atoms with Crippen molar-refractivity contribution < 1.29 is 62.5 Å². The van der Waals surface area contributed by atoms with Crippen LogP contribution < -0.4 is 14.2 Å². The minimum Gasteiger partial charge on any atom is -0.497 e. The fourth-order valence-electron chi connectivity index (χ4n) is 13.8. The number of rotatable bonds is 3. The first-order valence-corrected chi connectivity index (χ1v) is 50.9. The van der Waals surface area contributed by atoms with E-state index in [9.17, 15) is 48.3 Å². The average molecular weight is 2060 g/mol. The van der Waals surface area contributed by atoms with Gasteiger partial charge in [-0.05, 0) is 281 Å². The molecule has 0 radical (unpaired) electrons. The minimum atomic E-state index is -4.63. The second-order valence-corrected chi connectivity index (χ2v) is 50.4. The molecule has 0 fully saturated rings. The summed E-state index contributed by atoms with van der Waals surface area (Å²) in [7, 11) is 3.41. The van der Waals surface area contributed by atoms with Gasteiger partial charge in [0, 0.05) is 5.02 Å². The van der Waals surface area contributed by atoms with Crippen LogP contribution in [0.15, 0.2) is 273 Å². The summed E-state index contributed by atoms with van der Waals surface area (Å²) in [4.78, 5) is 0. The van der Waals surface area contributed by atoms with E-state index in [0.717, 1.165) is 39.3 Å². The first-order chi connectivity index (χ1) is 66.4. The van der Waals surface area contributed by atoms with Crippen molar-refractivity contribution in [3.8, 4) is 17.2 Å². The highest BCUT2D eigenvalue weighted by atomic mass is 35.5. The van der Waals surface area contributed by atoms with Crippen LogP contribution in [0.1, 0.15) is 366 Å². The predicted molar refractivity (Wildman–Crippen MR) is 610 cm³/mol. The molecule has 0 amide bonds. The third kappa shape index (κ3) is 53.0. The first kappa shape index (κ1) is 135. The van der Waals surface area contributed by atoms with Crippen LogP contribution in [-0.2, 0) is 77.3 Å². The molecule has 12 aromatic carbocycles. The van der Waals surface area contributed by atoms with Crippen molar-refractivity contribution in [2.45, 2.75) is 381 Å². The number of para-hydroxylation sites is 1. The number of methoxy groups -OCH3 is 2. The summed E-state index contributed by atoms with van der Waals surface area (Å²) in [6.07, 6.45) is -13.1. The molecule has 12 aromatic rings. The smallest absolute Gasteiger partial charge is 0.497 e. The fourth-order valence-corrected chi connectivity index (χ4v) is 14.0. The van der Waals surface area contributed by atoms with Crippen LogP contribution in [0, 0.1) is 60.1 Å². The Morgan fingerprint density at radius 2 is 0.524 bits per heavy atom. The maximum atomic E-state index is 13.1. The molecule has 12 rings (SSSR count). The molecule has 0 atom stereocenters. The van der Waals surface area contributed by atoms with Crippen LogP contribution in [0.5, 0.6) is 17.2 Å². The van der Waals surface area contributed by atoms with Crippen molar-refractivity contribution >= 4 is 11.6 Å². The molecule has 0 aliphatic carbocycles. The van der Waals surface area contributed by atoms with E-state index in [2.05, 4.69) is 342 Å². The van der Waals surface area contributed by atoms with Crippen LogP contribution in [0.25, 0.3) is 0 Å². The summed E-state index contributed by atoms with van der Waals surface area (Å²) in [6.45, 7) is 90.2. The highest BCUT2D eigenvalue weighted by Crippen LogP contribution is 2.39. The van der Waals surface area contributed by atoms with Crippen molar-refractivity contribution in [1.29, 1.82) is 0 Å².